The molecule has 0 radical (unpaired) electrons. The number of halogens is 1. The molecule has 1 aliphatic carbocycles. The molecule has 14 heavy (non-hydrogen) atoms. The quantitative estimate of drug-likeness (QED) is 0.763. The molecule has 1 aromatic rings. The van der Waals surface area contributed by atoms with Crippen molar-refractivity contribution in [1.29, 1.82) is 0 Å². The van der Waals surface area contributed by atoms with E-state index in [0.717, 1.165) is 11.3 Å². The Morgan fingerprint density at radius 2 is 2.14 bits per heavy atom. The van der Waals surface area contributed by atoms with Crippen LogP contribution in [0.3, 0.4) is 0 Å². The summed E-state index contributed by atoms with van der Waals surface area (Å²) in [5.41, 5.74) is 9.26. The van der Waals surface area contributed by atoms with Crippen molar-refractivity contribution < 1.29 is 0 Å². The second kappa shape index (κ2) is 3.52. The number of hydrogen-bond acceptors (Lipinski definition) is 2. The van der Waals surface area contributed by atoms with Crippen LogP contribution >= 0.6 is 11.6 Å². The zero-order valence-electron chi connectivity index (χ0n) is 8.55. The highest BCUT2D eigenvalue weighted by Gasteiger charge is 2.31. The largest absolute Gasteiger partial charge is 0.324 e. The number of nitrogens with zero attached hydrogens (tertiary/aromatic N) is 1. The van der Waals surface area contributed by atoms with Gasteiger partial charge in [0.25, 0.3) is 0 Å². The molecule has 1 aliphatic rings. The van der Waals surface area contributed by atoms with Crippen LogP contribution in [-0.2, 0) is 0 Å². The molecule has 0 saturated heterocycles. The fourth-order valence-corrected chi connectivity index (χ4v) is 1.95. The Morgan fingerprint density at radius 3 is 2.71 bits per heavy atom. The molecule has 1 heterocycles. The van der Waals surface area contributed by atoms with Crippen LogP contribution in [0.25, 0.3) is 0 Å². The van der Waals surface area contributed by atoms with Gasteiger partial charge in [0.1, 0.15) is 5.15 Å². The smallest absolute Gasteiger partial charge is 0.134 e. The summed E-state index contributed by atoms with van der Waals surface area (Å²) in [7, 11) is 0. The topological polar surface area (TPSA) is 38.9 Å². The molecule has 2 N–H and O–H groups in total. The lowest BCUT2D eigenvalue weighted by molar-refractivity contribution is 0.630. The Hall–Kier alpha value is -0.600. The van der Waals surface area contributed by atoms with Gasteiger partial charge in [-0.3, -0.25) is 0 Å². The van der Waals surface area contributed by atoms with E-state index in [1.54, 1.807) is 0 Å². The molecule has 0 aliphatic heterocycles. The molecule has 0 bridgehead atoms. The highest BCUT2D eigenvalue weighted by atomic mass is 35.5. The summed E-state index contributed by atoms with van der Waals surface area (Å²) in [4.78, 5) is 4.29. The molecular weight excluding hydrogens is 196 g/mol. The molecule has 0 amide bonds. The van der Waals surface area contributed by atoms with Gasteiger partial charge in [0.2, 0.25) is 0 Å². The monoisotopic (exact) mass is 210 g/mol. The number of hydrogen-bond donors (Lipinski definition) is 1. The fraction of sp³-hybridized carbons (Fsp3) is 0.545. The van der Waals surface area contributed by atoms with Crippen molar-refractivity contribution in [2.45, 2.75) is 32.7 Å². The molecule has 2 nitrogen and oxygen atoms in total. The maximum Gasteiger partial charge on any atom is 0.134 e. The predicted octanol–water partition coefficient (Wildman–Crippen LogP) is 2.76. The first kappa shape index (κ1) is 9.94. The van der Waals surface area contributed by atoms with E-state index in [1.165, 1.54) is 18.4 Å². The van der Waals surface area contributed by atoms with Gasteiger partial charge >= 0.3 is 0 Å². The van der Waals surface area contributed by atoms with Gasteiger partial charge in [0, 0.05) is 17.3 Å². The van der Waals surface area contributed by atoms with E-state index >= 15 is 0 Å². The van der Waals surface area contributed by atoms with E-state index < -0.39 is 0 Å². The Morgan fingerprint density at radius 1 is 1.50 bits per heavy atom. The second-order valence-corrected chi connectivity index (χ2v) is 4.49. The average Bonchev–Trinajstić information content (AvgIpc) is 2.93. The van der Waals surface area contributed by atoms with Crippen LogP contribution < -0.4 is 5.73 Å². The lowest BCUT2D eigenvalue weighted by Crippen LogP contribution is -2.14. The van der Waals surface area contributed by atoms with Crippen LogP contribution in [0.2, 0.25) is 5.15 Å². The van der Waals surface area contributed by atoms with E-state index in [0.29, 0.717) is 11.1 Å². The number of nitrogens with two attached hydrogens (primary N) is 1. The molecule has 76 valence electrons. The minimum Gasteiger partial charge on any atom is -0.324 e. The number of pyridine rings is 1. The second-order valence-electron chi connectivity index (χ2n) is 4.13. The zero-order chi connectivity index (χ0) is 10.3. The molecule has 0 aromatic carbocycles. The Kier molecular flexibility index (Phi) is 2.50. The van der Waals surface area contributed by atoms with Gasteiger partial charge in [-0.05, 0) is 44.2 Å². The summed E-state index contributed by atoms with van der Waals surface area (Å²) in [6, 6.07) is 2.16. The Labute approximate surface area is 89.5 Å². The van der Waals surface area contributed by atoms with Gasteiger partial charge in [0.15, 0.2) is 0 Å². The van der Waals surface area contributed by atoms with Crippen molar-refractivity contribution in [1.82, 2.24) is 4.98 Å². The van der Waals surface area contributed by atoms with Gasteiger partial charge in [-0.2, -0.15) is 0 Å². The standard InChI is InChI=1S/C11H15ClN2/c1-6-5-9(10(13)8-3-4-8)11(12)14-7(6)2/h5,8,10H,3-4,13H2,1-2H3/t10-/m0/s1. The van der Waals surface area contributed by atoms with Crippen molar-refractivity contribution in [3.63, 3.8) is 0 Å². The van der Waals surface area contributed by atoms with Crippen LogP contribution in [0.15, 0.2) is 6.07 Å². The molecule has 1 fully saturated rings. The lowest BCUT2D eigenvalue weighted by Gasteiger charge is -2.13. The highest BCUT2D eigenvalue weighted by Crippen LogP contribution is 2.41. The molecule has 0 spiro atoms. The minimum atomic E-state index is 0.0781. The van der Waals surface area contributed by atoms with Gasteiger partial charge in [-0.1, -0.05) is 11.6 Å². The molecule has 3 heteroatoms. The summed E-state index contributed by atoms with van der Waals surface area (Å²) in [6.45, 7) is 4.01. The number of rotatable bonds is 2. The van der Waals surface area contributed by atoms with Crippen molar-refractivity contribution in [3.8, 4) is 0 Å². The van der Waals surface area contributed by atoms with Crippen molar-refractivity contribution in [2.24, 2.45) is 11.7 Å². The highest BCUT2D eigenvalue weighted by molar-refractivity contribution is 6.30. The van der Waals surface area contributed by atoms with Crippen LogP contribution in [0.5, 0.6) is 0 Å². The maximum atomic E-state index is 6.10. The molecule has 1 atom stereocenters. The van der Waals surface area contributed by atoms with Crippen molar-refractivity contribution in [2.75, 3.05) is 0 Å². The van der Waals surface area contributed by atoms with E-state index in [-0.39, 0.29) is 6.04 Å². The van der Waals surface area contributed by atoms with Crippen LogP contribution in [0.1, 0.15) is 35.7 Å². The fourth-order valence-electron chi connectivity index (χ4n) is 1.64. The first-order chi connectivity index (χ1) is 6.59. The first-order valence-electron chi connectivity index (χ1n) is 4.99. The van der Waals surface area contributed by atoms with Crippen molar-refractivity contribution >= 4 is 11.6 Å². The lowest BCUT2D eigenvalue weighted by atomic mass is 10.0. The summed E-state index contributed by atoms with van der Waals surface area (Å²) in [5, 5.41) is 0.576. The number of aromatic nitrogens is 1. The van der Waals surface area contributed by atoms with Crippen molar-refractivity contribution in [3.05, 3.63) is 28.0 Å². The first-order valence-corrected chi connectivity index (χ1v) is 5.36. The zero-order valence-corrected chi connectivity index (χ0v) is 9.30. The summed E-state index contributed by atoms with van der Waals surface area (Å²) < 4.78 is 0. The molecular formula is C11H15ClN2. The molecule has 1 aromatic heterocycles. The Balaban J connectivity index is 2.36. The Bertz CT molecular complexity index is 359. The third-order valence-corrected chi connectivity index (χ3v) is 3.24. The van der Waals surface area contributed by atoms with Gasteiger partial charge < -0.3 is 5.73 Å². The number of aryl methyl sites for hydroxylation is 2. The summed E-state index contributed by atoms with van der Waals surface area (Å²) in [5.74, 6) is 0.622. The third-order valence-electron chi connectivity index (χ3n) is 2.94. The third kappa shape index (κ3) is 1.77. The van der Waals surface area contributed by atoms with Gasteiger partial charge in [-0.15, -0.1) is 0 Å². The predicted molar refractivity (Wildman–Crippen MR) is 58.4 cm³/mol. The van der Waals surface area contributed by atoms with E-state index in [4.69, 9.17) is 17.3 Å². The summed E-state index contributed by atoms with van der Waals surface area (Å²) in [6.07, 6.45) is 2.45. The normalized spacial score (nSPS) is 18.3. The van der Waals surface area contributed by atoms with Crippen LogP contribution in [-0.4, -0.2) is 4.98 Å². The molecule has 1 saturated carbocycles. The van der Waals surface area contributed by atoms with E-state index in [2.05, 4.69) is 11.1 Å². The molecule has 2 rings (SSSR count). The van der Waals surface area contributed by atoms with Gasteiger partial charge in [0.05, 0.1) is 0 Å². The van der Waals surface area contributed by atoms with E-state index in [1.807, 2.05) is 13.8 Å². The average molecular weight is 211 g/mol. The van der Waals surface area contributed by atoms with E-state index in [9.17, 15) is 0 Å². The van der Waals surface area contributed by atoms with Gasteiger partial charge in [-0.25, -0.2) is 4.98 Å². The maximum absolute atomic E-state index is 6.10. The minimum absolute atomic E-state index is 0.0781. The SMILES string of the molecule is Cc1cc([C@@H](N)C2CC2)c(Cl)nc1C. The summed E-state index contributed by atoms with van der Waals surface area (Å²) >= 11 is 6.08. The van der Waals surface area contributed by atoms with Crippen LogP contribution in [0.4, 0.5) is 0 Å². The van der Waals surface area contributed by atoms with Crippen LogP contribution in [0, 0.1) is 19.8 Å². The molecule has 0 unspecified atom stereocenters.